The van der Waals surface area contributed by atoms with Crippen molar-refractivity contribution in [2.75, 3.05) is 32.6 Å². The number of ether oxygens (including phenoxy) is 1. The minimum absolute atomic E-state index is 0.435. The van der Waals surface area contributed by atoms with Gasteiger partial charge in [-0.3, -0.25) is 0 Å². The molecule has 1 fully saturated rings. The fourth-order valence-corrected chi connectivity index (χ4v) is 4.63. The average molecular weight is 369 g/mol. The zero-order chi connectivity index (χ0) is 18.1. The summed E-state index contributed by atoms with van der Waals surface area (Å²) in [7, 11) is 3.89. The van der Waals surface area contributed by atoms with Crippen molar-refractivity contribution >= 4 is 27.2 Å². The first kappa shape index (κ1) is 17.2. The van der Waals surface area contributed by atoms with Gasteiger partial charge in [-0.25, -0.2) is 0 Å². The van der Waals surface area contributed by atoms with Gasteiger partial charge in [0.2, 0.25) is 0 Å². The van der Waals surface area contributed by atoms with E-state index in [0.29, 0.717) is 6.04 Å². The number of methoxy groups -OCH3 is 1. The number of nitrogens with zero attached hydrogens (tertiary/aromatic N) is 3. The first-order valence-corrected chi connectivity index (χ1v) is 9.87. The molecule has 1 aliphatic rings. The number of nitrogens with one attached hydrogen (secondary N) is 1. The number of likely N-dealkylation sites (N-methyl/N-ethyl adjacent to an activating group) is 1. The Labute approximate surface area is 158 Å². The summed E-state index contributed by atoms with van der Waals surface area (Å²) in [6, 6.07) is 8.84. The third-order valence-corrected chi connectivity index (χ3v) is 5.93. The number of aromatic nitrogens is 2. The monoisotopic (exact) mass is 368 g/mol. The maximum atomic E-state index is 5.71. The third kappa shape index (κ3) is 3.27. The molecule has 1 N–H and O–H groups in total. The zero-order valence-electron chi connectivity index (χ0n) is 15.5. The normalized spacial score (nSPS) is 18.2. The van der Waals surface area contributed by atoms with Crippen LogP contribution in [0.1, 0.15) is 18.4 Å². The standard InChI is InChI=1S/C20H24N4OS/c1-13-11-17(21-15-5-4-9-24(2)12-15)22-23-18(13)16-7-6-14-8-10-26-20(14)19(16)25-3/h6-8,10-11,15H,4-5,9,12H2,1-3H3,(H,21,22)/t15-/m1/s1. The summed E-state index contributed by atoms with van der Waals surface area (Å²) >= 11 is 1.69. The Balaban J connectivity index is 1.64. The molecule has 6 heteroatoms. The van der Waals surface area contributed by atoms with E-state index in [1.807, 2.05) is 0 Å². The Kier molecular flexibility index (Phi) is 4.78. The number of fused-ring (bicyclic) bond motifs is 1. The van der Waals surface area contributed by atoms with E-state index in [0.717, 1.165) is 39.6 Å². The lowest BCUT2D eigenvalue weighted by atomic mass is 10.0. The van der Waals surface area contributed by atoms with Gasteiger partial charge in [-0.15, -0.1) is 21.5 Å². The molecule has 4 rings (SSSR count). The molecule has 3 aromatic rings. The predicted octanol–water partition coefficient (Wildman–Crippen LogP) is 4.18. The van der Waals surface area contributed by atoms with Crippen molar-refractivity contribution in [3.63, 3.8) is 0 Å². The van der Waals surface area contributed by atoms with E-state index in [9.17, 15) is 0 Å². The molecule has 1 saturated heterocycles. The Bertz CT molecular complexity index is 923. The van der Waals surface area contributed by atoms with Gasteiger partial charge in [0.15, 0.2) is 0 Å². The molecule has 1 atom stereocenters. The lowest BCUT2D eigenvalue weighted by molar-refractivity contribution is 0.260. The summed E-state index contributed by atoms with van der Waals surface area (Å²) in [5.74, 6) is 1.73. The van der Waals surface area contributed by atoms with Crippen molar-refractivity contribution in [3.8, 4) is 17.0 Å². The largest absolute Gasteiger partial charge is 0.495 e. The van der Waals surface area contributed by atoms with Crippen LogP contribution in [0.2, 0.25) is 0 Å². The van der Waals surface area contributed by atoms with Crippen LogP contribution >= 0.6 is 11.3 Å². The Hall–Kier alpha value is -2.18. The van der Waals surface area contributed by atoms with Gasteiger partial charge in [0.25, 0.3) is 0 Å². The SMILES string of the molecule is COc1c(-c2nnc(N[C@@H]3CCCN(C)C3)cc2C)ccc2ccsc12. The number of rotatable bonds is 4. The molecule has 0 unspecified atom stereocenters. The van der Waals surface area contributed by atoms with Gasteiger partial charge in [-0.2, -0.15) is 0 Å². The molecule has 136 valence electrons. The quantitative estimate of drug-likeness (QED) is 0.749. The van der Waals surface area contributed by atoms with Crippen molar-refractivity contribution in [1.82, 2.24) is 15.1 Å². The van der Waals surface area contributed by atoms with Crippen LogP contribution in [0, 0.1) is 6.92 Å². The molecular formula is C20H24N4OS. The summed E-state index contributed by atoms with van der Waals surface area (Å²) in [4.78, 5) is 2.36. The maximum Gasteiger partial charge on any atom is 0.149 e. The van der Waals surface area contributed by atoms with Gasteiger partial charge in [0.05, 0.1) is 17.5 Å². The highest BCUT2D eigenvalue weighted by Gasteiger charge is 2.19. The van der Waals surface area contributed by atoms with Gasteiger partial charge in [-0.05, 0) is 67.9 Å². The molecule has 3 heterocycles. The van der Waals surface area contributed by atoms with Crippen LogP contribution in [0.4, 0.5) is 5.82 Å². The summed E-state index contributed by atoms with van der Waals surface area (Å²) in [6.45, 7) is 4.30. The molecule has 0 bridgehead atoms. The number of aryl methyl sites for hydroxylation is 1. The molecule has 0 spiro atoms. The van der Waals surface area contributed by atoms with E-state index in [2.05, 4.69) is 64.0 Å². The highest BCUT2D eigenvalue weighted by Crippen LogP contribution is 2.39. The zero-order valence-corrected chi connectivity index (χ0v) is 16.3. The van der Waals surface area contributed by atoms with E-state index >= 15 is 0 Å². The predicted molar refractivity (Wildman–Crippen MR) is 108 cm³/mol. The second-order valence-corrected chi connectivity index (χ2v) is 7.91. The topological polar surface area (TPSA) is 50.3 Å². The van der Waals surface area contributed by atoms with Gasteiger partial charge in [-0.1, -0.05) is 6.07 Å². The Morgan fingerprint density at radius 2 is 2.15 bits per heavy atom. The minimum Gasteiger partial charge on any atom is -0.495 e. The summed E-state index contributed by atoms with van der Waals surface area (Å²) < 4.78 is 6.86. The van der Waals surface area contributed by atoms with Gasteiger partial charge in [0.1, 0.15) is 11.6 Å². The van der Waals surface area contributed by atoms with E-state index in [4.69, 9.17) is 4.74 Å². The molecule has 2 aromatic heterocycles. The van der Waals surface area contributed by atoms with E-state index in [-0.39, 0.29) is 0 Å². The van der Waals surface area contributed by atoms with Crippen LogP contribution in [-0.4, -0.2) is 48.4 Å². The van der Waals surface area contributed by atoms with E-state index in [1.54, 1.807) is 18.4 Å². The number of anilines is 1. The molecule has 0 radical (unpaired) electrons. The number of likely N-dealkylation sites (tertiary alicyclic amines) is 1. The minimum atomic E-state index is 0.435. The summed E-state index contributed by atoms with van der Waals surface area (Å²) in [5, 5.41) is 15.8. The smallest absolute Gasteiger partial charge is 0.149 e. The molecule has 0 aliphatic carbocycles. The van der Waals surface area contributed by atoms with Crippen LogP contribution < -0.4 is 10.1 Å². The van der Waals surface area contributed by atoms with Crippen molar-refractivity contribution in [2.24, 2.45) is 0 Å². The van der Waals surface area contributed by atoms with Gasteiger partial charge >= 0.3 is 0 Å². The van der Waals surface area contributed by atoms with Gasteiger partial charge in [0, 0.05) is 18.2 Å². The summed E-state index contributed by atoms with van der Waals surface area (Å²) in [6.07, 6.45) is 2.40. The number of hydrogen-bond acceptors (Lipinski definition) is 6. The number of piperidine rings is 1. The number of thiophene rings is 1. The Morgan fingerprint density at radius 1 is 1.27 bits per heavy atom. The highest BCUT2D eigenvalue weighted by atomic mass is 32.1. The molecule has 5 nitrogen and oxygen atoms in total. The molecule has 26 heavy (non-hydrogen) atoms. The molecule has 1 aromatic carbocycles. The average Bonchev–Trinajstić information content (AvgIpc) is 3.10. The lowest BCUT2D eigenvalue weighted by Gasteiger charge is -2.30. The first-order valence-electron chi connectivity index (χ1n) is 8.99. The fraction of sp³-hybridized carbons (Fsp3) is 0.400. The van der Waals surface area contributed by atoms with Crippen molar-refractivity contribution in [1.29, 1.82) is 0 Å². The lowest BCUT2D eigenvalue weighted by Crippen LogP contribution is -2.39. The van der Waals surface area contributed by atoms with Crippen molar-refractivity contribution in [3.05, 3.63) is 35.2 Å². The van der Waals surface area contributed by atoms with E-state index in [1.165, 1.54) is 24.8 Å². The Morgan fingerprint density at radius 3 is 2.92 bits per heavy atom. The highest BCUT2D eigenvalue weighted by molar-refractivity contribution is 7.17. The number of benzene rings is 1. The van der Waals surface area contributed by atoms with Crippen LogP contribution in [0.15, 0.2) is 29.6 Å². The second-order valence-electron chi connectivity index (χ2n) is 6.99. The molecule has 0 saturated carbocycles. The fourth-order valence-electron chi connectivity index (χ4n) is 3.71. The maximum absolute atomic E-state index is 5.71. The van der Waals surface area contributed by atoms with Crippen molar-refractivity contribution in [2.45, 2.75) is 25.8 Å². The van der Waals surface area contributed by atoms with E-state index < -0.39 is 0 Å². The summed E-state index contributed by atoms with van der Waals surface area (Å²) in [5.41, 5.74) is 2.97. The second kappa shape index (κ2) is 7.21. The first-order chi connectivity index (χ1) is 12.7. The van der Waals surface area contributed by atoms with Crippen LogP contribution in [0.3, 0.4) is 0 Å². The van der Waals surface area contributed by atoms with Gasteiger partial charge < -0.3 is 15.0 Å². The van der Waals surface area contributed by atoms with Crippen LogP contribution in [0.5, 0.6) is 5.75 Å². The van der Waals surface area contributed by atoms with Crippen LogP contribution in [-0.2, 0) is 0 Å². The molecule has 0 amide bonds. The molecule has 1 aliphatic heterocycles. The van der Waals surface area contributed by atoms with Crippen molar-refractivity contribution < 1.29 is 4.74 Å². The number of hydrogen-bond donors (Lipinski definition) is 1. The van der Waals surface area contributed by atoms with Crippen LogP contribution in [0.25, 0.3) is 21.3 Å². The third-order valence-electron chi connectivity index (χ3n) is 5.00. The molecular weight excluding hydrogens is 344 g/mol.